The molecular weight excluding hydrogens is 631 g/mol. The summed E-state index contributed by atoms with van der Waals surface area (Å²) in [5.74, 6) is 1.65. The average Bonchev–Trinajstić information content (AvgIpc) is 3.87. The van der Waals surface area contributed by atoms with Gasteiger partial charge in [-0.15, -0.1) is 0 Å². The standard InChI is InChI=1S/C44H25N5O2/c1-5-18-34-28(13-1)29-14-2-6-19-35(29)49(34)44-47-42(46-43(48-44)32-17-10-22-38-40(32)30-15-3-7-20-36(30)50-38)27-12-9-11-26(23-27)33-24-45-25-39-41(33)31-16-4-8-21-37(31)51-39/h1-25H. The van der Waals surface area contributed by atoms with Gasteiger partial charge in [0.05, 0.1) is 17.2 Å². The van der Waals surface area contributed by atoms with E-state index in [0.29, 0.717) is 17.6 Å². The maximum atomic E-state index is 6.28. The minimum Gasteiger partial charge on any atom is -0.456 e. The molecule has 6 aromatic carbocycles. The average molecular weight is 656 g/mol. The summed E-state index contributed by atoms with van der Waals surface area (Å²) < 4.78 is 14.6. The van der Waals surface area contributed by atoms with Crippen molar-refractivity contribution in [3.63, 3.8) is 0 Å². The van der Waals surface area contributed by atoms with Gasteiger partial charge in [0.15, 0.2) is 17.2 Å². The Morgan fingerprint density at radius 1 is 0.412 bits per heavy atom. The molecule has 11 aromatic rings. The molecule has 0 unspecified atom stereocenters. The number of nitrogens with zero attached hydrogens (tertiary/aromatic N) is 5. The van der Waals surface area contributed by atoms with Crippen LogP contribution in [0.2, 0.25) is 0 Å². The van der Waals surface area contributed by atoms with Crippen LogP contribution >= 0.6 is 0 Å². The van der Waals surface area contributed by atoms with Gasteiger partial charge in [-0.25, -0.2) is 4.98 Å². The summed E-state index contributed by atoms with van der Waals surface area (Å²) in [5.41, 5.74) is 8.91. The van der Waals surface area contributed by atoms with E-state index in [1.54, 1.807) is 6.20 Å². The molecule has 51 heavy (non-hydrogen) atoms. The molecular formula is C44H25N5O2. The summed E-state index contributed by atoms with van der Waals surface area (Å²) in [5, 5.41) is 6.32. The molecule has 7 nitrogen and oxygen atoms in total. The van der Waals surface area contributed by atoms with Gasteiger partial charge in [-0.05, 0) is 42.0 Å². The van der Waals surface area contributed by atoms with Gasteiger partial charge in [0.25, 0.3) is 0 Å². The third kappa shape index (κ3) is 4.18. The van der Waals surface area contributed by atoms with Crippen molar-refractivity contribution in [2.24, 2.45) is 0 Å². The number of fused-ring (bicyclic) bond motifs is 9. The molecule has 0 aliphatic carbocycles. The van der Waals surface area contributed by atoms with Crippen molar-refractivity contribution in [1.82, 2.24) is 24.5 Å². The molecule has 238 valence electrons. The largest absolute Gasteiger partial charge is 0.456 e. The second-order valence-corrected chi connectivity index (χ2v) is 12.7. The SMILES string of the molecule is c1cc(-c2nc(-c3cccc4oc5ccccc5c34)nc(-n3c4ccccc4c4ccccc43)n2)cc(-c2cncc3oc4ccccc4c23)c1. The number of pyridine rings is 1. The maximum Gasteiger partial charge on any atom is 0.238 e. The van der Waals surface area contributed by atoms with Crippen molar-refractivity contribution in [1.29, 1.82) is 0 Å². The zero-order chi connectivity index (χ0) is 33.5. The van der Waals surface area contributed by atoms with E-state index in [2.05, 4.69) is 88.4 Å². The number of furan rings is 2. The Balaban J connectivity index is 1.19. The van der Waals surface area contributed by atoms with Crippen LogP contribution in [0.25, 0.3) is 106 Å². The highest BCUT2D eigenvalue weighted by atomic mass is 16.3. The minimum atomic E-state index is 0.534. The monoisotopic (exact) mass is 655 g/mol. The van der Waals surface area contributed by atoms with Gasteiger partial charge in [0.1, 0.15) is 16.7 Å². The van der Waals surface area contributed by atoms with E-state index in [4.69, 9.17) is 23.8 Å². The van der Waals surface area contributed by atoms with Crippen molar-refractivity contribution in [2.45, 2.75) is 0 Å². The van der Waals surface area contributed by atoms with E-state index >= 15 is 0 Å². The van der Waals surface area contributed by atoms with E-state index in [-0.39, 0.29) is 0 Å². The Kier molecular flexibility index (Phi) is 5.83. The smallest absolute Gasteiger partial charge is 0.238 e. The molecule has 0 aliphatic heterocycles. The fourth-order valence-electron chi connectivity index (χ4n) is 7.54. The lowest BCUT2D eigenvalue weighted by Crippen LogP contribution is -2.06. The zero-order valence-electron chi connectivity index (χ0n) is 27.0. The molecule has 5 heterocycles. The molecule has 0 saturated carbocycles. The molecule has 0 amide bonds. The third-order valence-corrected chi connectivity index (χ3v) is 9.77. The topological polar surface area (TPSA) is 82.8 Å². The molecule has 5 aromatic heterocycles. The summed E-state index contributed by atoms with van der Waals surface area (Å²) in [4.78, 5) is 20.2. The van der Waals surface area contributed by atoms with Gasteiger partial charge >= 0.3 is 0 Å². The van der Waals surface area contributed by atoms with Crippen LogP contribution in [0.3, 0.4) is 0 Å². The lowest BCUT2D eigenvalue weighted by atomic mass is 9.99. The third-order valence-electron chi connectivity index (χ3n) is 9.77. The Labute approximate surface area is 290 Å². The summed E-state index contributed by atoms with van der Waals surface area (Å²) in [6.07, 6.45) is 3.68. The lowest BCUT2D eigenvalue weighted by molar-refractivity contribution is 0.667. The number of hydrogen-bond acceptors (Lipinski definition) is 6. The van der Waals surface area contributed by atoms with Crippen LogP contribution in [0.4, 0.5) is 0 Å². The second-order valence-electron chi connectivity index (χ2n) is 12.7. The molecule has 0 spiro atoms. The molecule has 7 heteroatoms. The quantitative estimate of drug-likeness (QED) is 0.188. The highest BCUT2D eigenvalue weighted by Crippen LogP contribution is 2.39. The summed E-state index contributed by atoms with van der Waals surface area (Å²) in [6, 6.07) is 47.3. The summed E-state index contributed by atoms with van der Waals surface area (Å²) in [7, 11) is 0. The van der Waals surface area contributed by atoms with Gasteiger partial charge in [-0.3, -0.25) is 9.55 Å². The number of hydrogen-bond donors (Lipinski definition) is 0. The first-order valence-electron chi connectivity index (χ1n) is 16.8. The normalized spacial score (nSPS) is 11.9. The highest BCUT2D eigenvalue weighted by molar-refractivity contribution is 6.13. The first kappa shape index (κ1) is 27.8. The van der Waals surface area contributed by atoms with Crippen molar-refractivity contribution >= 4 is 65.7 Å². The maximum absolute atomic E-state index is 6.28. The minimum absolute atomic E-state index is 0.534. The van der Waals surface area contributed by atoms with Gasteiger partial charge in [-0.1, -0.05) is 103 Å². The van der Waals surface area contributed by atoms with Crippen LogP contribution in [-0.4, -0.2) is 24.5 Å². The first-order valence-corrected chi connectivity index (χ1v) is 16.8. The molecule has 0 radical (unpaired) electrons. The molecule has 0 fully saturated rings. The fourth-order valence-corrected chi connectivity index (χ4v) is 7.54. The first-order chi connectivity index (χ1) is 25.3. The number of aromatic nitrogens is 5. The van der Waals surface area contributed by atoms with E-state index in [1.807, 2.05) is 66.9 Å². The molecule has 0 aliphatic rings. The second kappa shape index (κ2) is 10.7. The van der Waals surface area contributed by atoms with Gasteiger partial charge < -0.3 is 8.83 Å². The van der Waals surface area contributed by atoms with Crippen molar-refractivity contribution in [2.75, 3.05) is 0 Å². The van der Waals surface area contributed by atoms with Gasteiger partial charge in [-0.2, -0.15) is 9.97 Å². The van der Waals surface area contributed by atoms with Crippen molar-refractivity contribution in [3.8, 4) is 39.9 Å². The molecule has 0 saturated heterocycles. The van der Waals surface area contributed by atoms with Crippen LogP contribution in [-0.2, 0) is 0 Å². The van der Waals surface area contributed by atoms with Crippen LogP contribution in [0, 0.1) is 0 Å². The van der Waals surface area contributed by atoms with Crippen molar-refractivity contribution < 1.29 is 8.83 Å². The van der Waals surface area contributed by atoms with E-state index < -0.39 is 0 Å². The van der Waals surface area contributed by atoms with Gasteiger partial charge in [0, 0.05) is 55.2 Å². The number of para-hydroxylation sites is 4. The number of rotatable bonds is 4. The molecule has 0 bridgehead atoms. The van der Waals surface area contributed by atoms with Crippen molar-refractivity contribution in [3.05, 3.63) is 152 Å². The van der Waals surface area contributed by atoms with Crippen LogP contribution in [0.5, 0.6) is 0 Å². The lowest BCUT2D eigenvalue weighted by Gasteiger charge is -2.12. The summed E-state index contributed by atoms with van der Waals surface area (Å²) in [6.45, 7) is 0. The fraction of sp³-hybridized carbons (Fsp3) is 0. The molecule has 11 rings (SSSR count). The predicted octanol–water partition coefficient (Wildman–Crippen LogP) is 11.2. The highest BCUT2D eigenvalue weighted by Gasteiger charge is 2.21. The number of benzene rings is 6. The van der Waals surface area contributed by atoms with Gasteiger partial charge in [0.2, 0.25) is 5.95 Å². The predicted molar refractivity (Wildman–Crippen MR) is 203 cm³/mol. The van der Waals surface area contributed by atoms with Crippen LogP contribution in [0.1, 0.15) is 0 Å². The molecule has 0 N–H and O–H groups in total. The summed E-state index contributed by atoms with van der Waals surface area (Å²) >= 11 is 0. The Bertz CT molecular complexity index is 3120. The Morgan fingerprint density at radius 2 is 0.980 bits per heavy atom. The van der Waals surface area contributed by atoms with E-state index in [9.17, 15) is 0 Å². The Hall–Kier alpha value is -7.12. The van der Waals surface area contributed by atoms with E-state index in [1.165, 1.54) is 0 Å². The molecule has 0 atom stereocenters. The van der Waals surface area contributed by atoms with Crippen LogP contribution in [0.15, 0.2) is 161 Å². The van der Waals surface area contributed by atoms with Crippen LogP contribution < -0.4 is 0 Å². The zero-order valence-corrected chi connectivity index (χ0v) is 27.0. The van der Waals surface area contributed by atoms with E-state index in [0.717, 1.165) is 87.9 Å². The Morgan fingerprint density at radius 3 is 1.73 bits per heavy atom.